The molecule has 4 nitrogen and oxygen atoms in total. The molecular formula is C11H23N3O. The first-order chi connectivity index (χ1) is 7.02. The highest BCUT2D eigenvalue weighted by Gasteiger charge is 2.05. The van der Waals surface area contributed by atoms with Gasteiger partial charge in [0.1, 0.15) is 6.61 Å². The van der Waals surface area contributed by atoms with E-state index in [2.05, 4.69) is 15.2 Å². The summed E-state index contributed by atoms with van der Waals surface area (Å²) in [4.78, 5) is 6.21. The molecule has 88 valence electrons. The van der Waals surface area contributed by atoms with Gasteiger partial charge in [0.15, 0.2) is 0 Å². The molecule has 0 aliphatic rings. The lowest BCUT2D eigenvalue weighted by Gasteiger charge is -2.14. The molecular weight excluding hydrogens is 190 g/mol. The van der Waals surface area contributed by atoms with E-state index in [1.165, 1.54) is 0 Å². The van der Waals surface area contributed by atoms with E-state index in [4.69, 9.17) is 4.74 Å². The molecule has 0 saturated heterocycles. The van der Waals surface area contributed by atoms with Crippen LogP contribution in [0, 0.1) is 0 Å². The summed E-state index contributed by atoms with van der Waals surface area (Å²) in [6.07, 6.45) is 0. The molecule has 0 amide bonds. The standard InChI is InChI=1S/C11H23N3O/c1-9(10(2)12-3)11(13-4)15-8-7-14(5)6/h12H,7-8H2,1-6H3/b10-9+,13-11?. The predicted octanol–water partition coefficient (Wildman–Crippen LogP) is 1.11. The molecule has 0 radical (unpaired) electrons. The van der Waals surface area contributed by atoms with Crippen LogP contribution in [0.2, 0.25) is 0 Å². The number of nitrogens with one attached hydrogen (secondary N) is 1. The second-order valence-electron chi connectivity index (χ2n) is 3.68. The predicted molar refractivity (Wildman–Crippen MR) is 65.3 cm³/mol. The van der Waals surface area contributed by atoms with Gasteiger partial charge in [-0.15, -0.1) is 0 Å². The van der Waals surface area contributed by atoms with Crippen molar-refractivity contribution in [3.05, 3.63) is 11.3 Å². The van der Waals surface area contributed by atoms with E-state index in [9.17, 15) is 0 Å². The second-order valence-corrected chi connectivity index (χ2v) is 3.68. The minimum Gasteiger partial charge on any atom is -0.476 e. The Labute approximate surface area is 93.0 Å². The maximum absolute atomic E-state index is 5.60. The van der Waals surface area contributed by atoms with E-state index in [0.717, 1.165) is 17.8 Å². The Morgan fingerprint density at radius 2 is 1.93 bits per heavy atom. The van der Waals surface area contributed by atoms with Gasteiger partial charge in [0.05, 0.1) is 0 Å². The van der Waals surface area contributed by atoms with Gasteiger partial charge in [0.25, 0.3) is 0 Å². The summed E-state index contributed by atoms with van der Waals surface area (Å²) in [5, 5.41) is 3.09. The second kappa shape index (κ2) is 7.29. The third-order valence-corrected chi connectivity index (χ3v) is 2.24. The van der Waals surface area contributed by atoms with Crippen LogP contribution in [0.5, 0.6) is 0 Å². The van der Waals surface area contributed by atoms with Gasteiger partial charge in [-0.3, -0.25) is 4.99 Å². The fourth-order valence-electron chi connectivity index (χ4n) is 1.01. The molecule has 0 fully saturated rings. The third-order valence-electron chi connectivity index (χ3n) is 2.24. The van der Waals surface area contributed by atoms with Gasteiger partial charge < -0.3 is 15.0 Å². The molecule has 0 atom stereocenters. The molecule has 15 heavy (non-hydrogen) atoms. The topological polar surface area (TPSA) is 36.9 Å². The van der Waals surface area contributed by atoms with Crippen molar-refractivity contribution in [1.29, 1.82) is 0 Å². The summed E-state index contributed by atoms with van der Waals surface area (Å²) in [6.45, 7) is 5.57. The molecule has 0 aliphatic carbocycles. The summed E-state index contributed by atoms with van der Waals surface area (Å²) >= 11 is 0. The number of nitrogens with zero attached hydrogens (tertiary/aromatic N) is 2. The van der Waals surface area contributed by atoms with Crippen molar-refractivity contribution in [3.8, 4) is 0 Å². The van der Waals surface area contributed by atoms with Gasteiger partial charge in [-0.25, -0.2) is 0 Å². The molecule has 0 aromatic carbocycles. The average Bonchev–Trinajstić information content (AvgIpc) is 2.22. The molecule has 0 bridgehead atoms. The van der Waals surface area contributed by atoms with Gasteiger partial charge in [-0.1, -0.05) is 0 Å². The lowest BCUT2D eigenvalue weighted by molar-refractivity contribution is 0.251. The number of likely N-dealkylation sites (N-methyl/N-ethyl adjacent to an activating group) is 1. The number of allylic oxidation sites excluding steroid dienone is 1. The van der Waals surface area contributed by atoms with Gasteiger partial charge in [-0.2, -0.15) is 0 Å². The maximum Gasteiger partial charge on any atom is 0.213 e. The highest BCUT2D eigenvalue weighted by Crippen LogP contribution is 2.04. The number of rotatable bonds is 5. The number of hydrogen-bond donors (Lipinski definition) is 1. The Bertz CT molecular complexity index is 244. The van der Waals surface area contributed by atoms with Crippen LogP contribution in [0.4, 0.5) is 0 Å². The summed E-state index contributed by atoms with van der Waals surface area (Å²) in [5.41, 5.74) is 2.14. The smallest absolute Gasteiger partial charge is 0.213 e. The molecule has 0 aliphatic heterocycles. The minimum absolute atomic E-state index is 0.661. The lowest BCUT2D eigenvalue weighted by atomic mass is 10.2. The van der Waals surface area contributed by atoms with Crippen LogP contribution in [0.3, 0.4) is 0 Å². The number of ether oxygens (including phenoxy) is 1. The summed E-state index contributed by atoms with van der Waals surface area (Å²) in [6, 6.07) is 0. The minimum atomic E-state index is 0.661. The van der Waals surface area contributed by atoms with E-state index >= 15 is 0 Å². The zero-order valence-corrected chi connectivity index (χ0v) is 10.7. The molecule has 0 rings (SSSR count). The number of aliphatic imine (C=N–C) groups is 1. The SMILES string of the molecule is CN=C(OCCN(C)C)/C(C)=C(\C)NC. The van der Waals surface area contributed by atoms with Gasteiger partial charge in [-0.05, 0) is 27.9 Å². The first-order valence-electron chi connectivity index (χ1n) is 5.12. The largest absolute Gasteiger partial charge is 0.476 e. The van der Waals surface area contributed by atoms with Crippen LogP contribution in [-0.4, -0.2) is 52.1 Å². The highest BCUT2D eigenvalue weighted by molar-refractivity contribution is 5.93. The van der Waals surface area contributed by atoms with Crippen LogP contribution < -0.4 is 5.32 Å². The van der Waals surface area contributed by atoms with Crippen LogP contribution in [-0.2, 0) is 4.74 Å². The summed E-state index contributed by atoms with van der Waals surface area (Å²) < 4.78 is 5.60. The molecule has 0 aromatic heterocycles. The van der Waals surface area contributed by atoms with Gasteiger partial charge >= 0.3 is 0 Å². The van der Waals surface area contributed by atoms with Gasteiger partial charge in [0, 0.05) is 31.9 Å². The molecule has 0 heterocycles. The molecule has 0 spiro atoms. The van der Waals surface area contributed by atoms with Crippen molar-refractivity contribution in [2.24, 2.45) is 4.99 Å². The Morgan fingerprint density at radius 3 is 2.33 bits per heavy atom. The summed E-state index contributed by atoms with van der Waals surface area (Å²) in [7, 11) is 7.69. The van der Waals surface area contributed by atoms with Crippen molar-refractivity contribution in [2.75, 3.05) is 41.3 Å². The van der Waals surface area contributed by atoms with Crippen molar-refractivity contribution >= 4 is 5.90 Å². The van der Waals surface area contributed by atoms with E-state index in [1.807, 2.05) is 35.0 Å². The molecule has 1 N–H and O–H groups in total. The summed E-state index contributed by atoms with van der Waals surface area (Å²) in [5.74, 6) is 0.712. The molecule has 0 unspecified atom stereocenters. The van der Waals surface area contributed by atoms with Crippen molar-refractivity contribution < 1.29 is 4.74 Å². The highest BCUT2D eigenvalue weighted by atomic mass is 16.5. The zero-order valence-electron chi connectivity index (χ0n) is 10.7. The first kappa shape index (κ1) is 14.0. The Balaban J connectivity index is 4.28. The first-order valence-corrected chi connectivity index (χ1v) is 5.12. The van der Waals surface area contributed by atoms with Crippen LogP contribution >= 0.6 is 0 Å². The van der Waals surface area contributed by atoms with E-state index < -0.39 is 0 Å². The monoisotopic (exact) mass is 213 g/mol. The van der Waals surface area contributed by atoms with E-state index in [0.29, 0.717) is 12.5 Å². The third kappa shape index (κ3) is 5.42. The zero-order chi connectivity index (χ0) is 11.8. The quantitative estimate of drug-likeness (QED) is 0.549. The Hall–Kier alpha value is -1.03. The molecule has 0 aromatic rings. The van der Waals surface area contributed by atoms with E-state index in [-0.39, 0.29) is 0 Å². The Kier molecular flexibility index (Phi) is 6.79. The van der Waals surface area contributed by atoms with Crippen LogP contribution in [0.1, 0.15) is 13.8 Å². The average molecular weight is 213 g/mol. The maximum atomic E-state index is 5.60. The van der Waals surface area contributed by atoms with Crippen LogP contribution in [0.25, 0.3) is 0 Å². The number of hydrogen-bond acceptors (Lipinski definition) is 4. The lowest BCUT2D eigenvalue weighted by Crippen LogP contribution is -2.21. The van der Waals surface area contributed by atoms with Gasteiger partial charge in [0.2, 0.25) is 5.90 Å². The molecule has 0 saturated carbocycles. The fraction of sp³-hybridized carbons (Fsp3) is 0.727. The van der Waals surface area contributed by atoms with Crippen molar-refractivity contribution in [3.63, 3.8) is 0 Å². The van der Waals surface area contributed by atoms with Crippen molar-refractivity contribution in [2.45, 2.75) is 13.8 Å². The normalized spacial score (nSPS) is 13.9. The fourth-order valence-corrected chi connectivity index (χ4v) is 1.01. The Morgan fingerprint density at radius 1 is 1.33 bits per heavy atom. The molecule has 4 heteroatoms. The van der Waals surface area contributed by atoms with Crippen LogP contribution in [0.15, 0.2) is 16.3 Å². The van der Waals surface area contributed by atoms with Crippen molar-refractivity contribution in [1.82, 2.24) is 10.2 Å². The van der Waals surface area contributed by atoms with E-state index in [1.54, 1.807) is 7.05 Å².